The Bertz CT molecular complexity index is 573. The van der Waals surface area contributed by atoms with Gasteiger partial charge in [0, 0.05) is 25.3 Å². The molecule has 0 saturated carbocycles. The summed E-state index contributed by atoms with van der Waals surface area (Å²) in [5, 5.41) is 3.07. The van der Waals surface area contributed by atoms with Crippen molar-refractivity contribution in [3.05, 3.63) is 36.1 Å². The molecule has 0 atom stereocenters. The summed E-state index contributed by atoms with van der Waals surface area (Å²) in [6.45, 7) is 2.70. The van der Waals surface area contributed by atoms with Crippen LogP contribution in [0.4, 0.5) is 27.7 Å². The van der Waals surface area contributed by atoms with E-state index in [9.17, 15) is 4.39 Å². The highest BCUT2D eigenvalue weighted by Gasteiger charge is 2.09. The van der Waals surface area contributed by atoms with Gasteiger partial charge in [0.05, 0.1) is 0 Å². The zero-order valence-electron chi connectivity index (χ0n) is 10.9. The van der Waals surface area contributed by atoms with E-state index in [4.69, 9.17) is 5.73 Å². The fourth-order valence-electron chi connectivity index (χ4n) is 1.71. The number of rotatable bonds is 4. The lowest BCUT2D eigenvalue weighted by molar-refractivity contribution is 0.628. The fourth-order valence-corrected chi connectivity index (χ4v) is 1.71. The number of nitrogens with zero attached hydrogens (tertiary/aromatic N) is 3. The standard InChI is InChI=1S/C13H16FN5/c1-3-16-11-8-12(18-13(15)17-11)19(2)10-6-4-5-9(14)7-10/h4-8H,3H2,1-2H3,(H3,15,16,17,18). The molecule has 19 heavy (non-hydrogen) atoms. The highest BCUT2D eigenvalue weighted by Crippen LogP contribution is 2.24. The monoisotopic (exact) mass is 261 g/mol. The second kappa shape index (κ2) is 5.51. The molecular weight excluding hydrogens is 245 g/mol. The lowest BCUT2D eigenvalue weighted by Crippen LogP contribution is -2.14. The van der Waals surface area contributed by atoms with Crippen molar-refractivity contribution in [1.82, 2.24) is 9.97 Å². The van der Waals surface area contributed by atoms with Gasteiger partial charge in [0.1, 0.15) is 17.5 Å². The van der Waals surface area contributed by atoms with Crippen LogP contribution in [0.15, 0.2) is 30.3 Å². The number of benzene rings is 1. The van der Waals surface area contributed by atoms with Crippen molar-refractivity contribution in [3.63, 3.8) is 0 Å². The molecule has 0 fully saturated rings. The molecule has 5 nitrogen and oxygen atoms in total. The van der Waals surface area contributed by atoms with Crippen molar-refractivity contribution >= 4 is 23.3 Å². The molecule has 0 bridgehead atoms. The third-order valence-electron chi connectivity index (χ3n) is 2.63. The summed E-state index contributed by atoms with van der Waals surface area (Å²) in [4.78, 5) is 9.98. The van der Waals surface area contributed by atoms with E-state index in [1.807, 2.05) is 6.92 Å². The normalized spacial score (nSPS) is 10.3. The third-order valence-corrected chi connectivity index (χ3v) is 2.63. The lowest BCUT2D eigenvalue weighted by atomic mass is 10.3. The highest BCUT2D eigenvalue weighted by molar-refractivity contribution is 5.63. The predicted molar refractivity (Wildman–Crippen MR) is 75.1 cm³/mol. The molecule has 2 aromatic rings. The van der Waals surface area contributed by atoms with E-state index >= 15 is 0 Å². The quantitative estimate of drug-likeness (QED) is 0.884. The molecule has 1 aromatic heterocycles. The van der Waals surface area contributed by atoms with Gasteiger partial charge in [-0.05, 0) is 25.1 Å². The number of nitrogens with two attached hydrogens (primary N) is 1. The molecule has 0 radical (unpaired) electrons. The number of nitrogen functional groups attached to an aromatic ring is 1. The van der Waals surface area contributed by atoms with Crippen molar-refractivity contribution in [2.45, 2.75) is 6.92 Å². The van der Waals surface area contributed by atoms with Crippen LogP contribution in [0.25, 0.3) is 0 Å². The molecule has 0 saturated heterocycles. The van der Waals surface area contributed by atoms with E-state index in [-0.39, 0.29) is 11.8 Å². The Morgan fingerprint density at radius 3 is 2.79 bits per heavy atom. The summed E-state index contributed by atoms with van der Waals surface area (Å²) >= 11 is 0. The van der Waals surface area contributed by atoms with Gasteiger partial charge in [-0.3, -0.25) is 0 Å². The maximum atomic E-state index is 13.2. The van der Waals surface area contributed by atoms with Crippen LogP contribution < -0.4 is 16.0 Å². The topological polar surface area (TPSA) is 67.1 Å². The Morgan fingerprint density at radius 1 is 1.32 bits per heavy atom. The van der Waals surface area contributed by atoms with Crippen molar-refractivity contribution in [2.24, 2.45) is 0 Å². The smallest absolute Gasteiger partial charge is 0.223 e. The first kappa shape index (κ1) is 13.1. The molecule has 6 heteroatoms. The zero-order chi connectivity index (χ0) is 13.8. The Morgan fingerprint density at radius 2 is 2.11 bits per heavy atom. The van der Waals surface area contributed by atoms with Crippen molar-refractivity contribution < 1.29 is 4.39 Å². The number of aromatic nitrogens is 2. The van der Waals surface area contributed by atoms with E-state index in [0.717, 1.165) is 6.54 Å². The second-order valence-corrected chi connectivity index (χ2v) is 4.04. The van der Waals surface area contributed by atoms with Crippen LogP contribution in [0.5, 0.6) is 0 Å². The van der Waals surface area contributed by atoms with Crippen molar-refractivity contribution in [1.29, 1.82) is 0 Å². The number of nitrogens with one attached hydrogen (secondary N) is 1. The van der Waals surface area contributed by atoms with Gasteiger partial charge in [-0.1, -0.05) is 6.07 Å². The summed E-state index contributed by atoms with van der Waals surface area (Å²) in [5.74, 6) is 1.14. The van der Waals surface area contributed by atoms with Gasteiger partial charge in [0.25, 0.3) is 0 Å². The van der Waals surface area contributed by atoms with Crippen LogP contribution >= 0.6 is 0 Å². The van der Waals surface area contributed by atoms with Crippen LogP contribution in [0.3, 0.4) is 0 Å². The summed E-state index contributed by atoms with van der Waals surface area (Å²) in [6.07, 6.45) is 0. The molecule has 100 valence electrons. The van der Waals surface area contributed by atoms with Crippen molar-refractivity contribution in [3.8, 4) is 0 Å². The number of hydrogen-bond acceptors (Lipinski definition) is 5. The van der Waals surface area contributed by atoms with Gasteiger partial charge >= 0.3 is 0 Å². The van der Waals surface area contributed by atoms with Crippen LogP contribution in [0.1, 0.15) is 6.92 Å². The Hall–Kier alpha value is -2.37. The first-order valence-electron chi connectivity index (χ1n) is 5.98. The maximum Gasteiger partial charge on any atom is 0.223 e. The molecule has 0 spiro atoms. The summed E-state index contributed by atoms with van der Waals surface area (Å²) in [6, 6.07) is 8.05. The predicted octanol–water partition coefficient (Wildman–Crippen LogP) is 2.40. The minimum absolute atomic E-state index is 0.178. The minimum atomic E-state index is -0.293. The van der Waals surface area contributed by atoms with Gasteiger partial charge < -0.3 is 16.0 Å². The number of hydrogen-bond donors (Lipinski definition) is 2. The molecule has 0 unspecified atom stereocenters. The van der Waals surface area contributed by atoms with Crippen LogP contribution in [0, 0.1) is 5.82 Å². The average Bonchev–Trinajstić information content (AvgIpc) is 2.37. The molecular formula is C13H16FN5. The van der Waals surface area contributed by atoms with E-state index in [1.165, 1.54) is 12.1 Å². The molecule has 1 heterocycles. The van der Waals surface area contributed by atoms with Crippen molar-refractivity contribution in [2.75, 3.05) is 29.5 Å². The molecule has 1 aromatic carbocycles. The van der Waals surface area contributed by atoms with E-state index in [1.54, 1.807) is 30.1 Å². The minimum Gasteiger partial charge on any atom is -0.370 e. The first-order valence-corrected chi connectivity index (χ1v) is 5.98. The molecule has 2 rings (SSSR count). The first-order chi connectivity index (χ1) is 9.10. The average molecular weight is 261 g/mol. The Kier molecular flexibility index (Phi) is 3.79. The summed E-state index contributed by atoms with van der Waals surface area (Å²) in [5.41, 5.74) is 6.37. The second-order valence-electron chi connectivity index (χ2n) is 4.04. The van der Waals surface area contributed by atoms with Crippen LogP contribution in [0.2, 0.25) is 0 Å². The SMILES string of the molecule is CCNc1cc(N(C)c2cccc(F)c2)nc(N)n1. The van der Waals surface area contributed by atoms with Gasteiger partial charge in [-0.25, -0.2) is 4.39 Å². The van der Waals surface area contributed by atoms with Gasteiger partial charge in [-0.15, -0.1) is 0 Å². The summed E-state index contributed by atoms with van der Waals surface area (Å²) < 4.78 is 13.2. The van der Waals surface area contributed by atoms with Crippen LogP contribution in [-0.2, 0) is 0 Å². The van der Waals surface area contributed by atoms with E-state index in [2.05, 4.69) is 15.3 Å². The Balaban J connectivity index is 2.35. The molecule has 3 N–H and O–H groups in total. The Labute approximate surface area is 111 Å². The molecule has 0 amide bonds. The molecule has 0 aliphatic carbocycles. The number of halogens is 1. The van der Waals surface area contributed by atoms with Gasteiger partial charge in [0.2, 0.25) is 5.95 Å². The van der Waals surface area contributed by atoms with Gasteiger partial charge in [0.15, 0.2) is 0 Å². The van der Waals surface area contributed by atoms with Crippen LogP contribution in [-0.4, -0.2) is 23.6 Å². The summed E-state index contributed by atoms with van der Waals surface area (Å²) in [7, 11) is 1.80. The maximum absolute atomic E-state index is 13.2. The number of anilines is 4. The lowest BCUT2D eigenvalue weighted by Gasteiger charge is -2.19. The highest BCUT2D eigenvalue weighted by atomic mass is 19.1. The van der Waals surface area contributed by atoms with E-state index in [0.29, 0.717) is 17.3 Å². The van der Waals surface area contributed by atoms with Gasteiger partial charge in [-0.2, -0.15) is 9.97 Å². The van der Waals surface area contributed by atoms with E-state index < -0.39 is 0 Å². The molecule has 0 aliphatic heterocycles. The molecule has 0 aliphatic rings. The zero-order valence-corrected chi connectivity index (χ0v) is 10.9. The third kappa shape index (κ3) is 3.09. The largest absolute Gasteiger partial charge is 0.370 e. The fraction of sp³-hybridized carbons (Fsp3) is 0.231.